The lowest BCUT2D eigenvalue weighted by Gasteiger charge is -2.31. The SMILES string of the molecule is CC1Cc2cc(Br)cnc2N(C(=O)OCc2ccccc2)C1. The summed E-state index contributed by atoms with van der Waals surface area (Å²) in [5.74, 6) is 1.09. The molecule has 1 unspecified atom stereocenters. The maximum absolute atomic E-state index is 12.4. The Morgan fingerprint density at radius 3 is 2.95 bits per heavy atom. The third-order valence-electron chi connectivity index (χ3n) is 3.65. The van der Waals surface area contributed by atoms with E-state index in [0.29, 0.717) is 18.3 Å². The largest absolute Gasteiger partial charge is 0.444 e. The number of halogens is 1. The molecule has 0 spiro atoms. The minimum absolute atomic E-state index is 0.274. The van der Waals surface area contributed by atoms with Crippen molar-refractivity contribution >= 4 is 27.8 Å². The Morgan fingerprint density at radius 1 is 1.41 bits per heavy atom. The summed E-state index contributed by atoms with van der Waals surface area (Å²) >= 11 is 3.43. The van der Waals surface area contributed by atoms with Crippen LogP contribution in [0.4, 0.5) is 10.6 Å². The van der Waals surface area contributed by atoms with E-state index in [1.54, 1.807) is 11.1 Å². The molecule has 22 heavy (non-hydrogen) atoms. The minimum Gasteiger partial charge on any atom is -0.444 e. The van der Waals surface area contributed by atoms with E-state index in [-0.39, 0.29) is 12.7 Å². The zero-order chi connectivity index (χ0) is 15.5. The number of nitrogens with zero attached hydrogens (tertiary/aromatic N) is 2. The number of fused-ring (bicyclic) bond motifs is 1. The molecule has 4 nitrogen and oxygen atoms in total. The van der Waals surface area contributed by atoms with Gasteiger partial charge in [0, 0.05) is 17.2 Å². The molecule has 0 saturated carbocycles. The number of hydrogen-bond donors (Lipinski definition) is 0. The Labute approximate surface area is 138 Å². The molecular weight excluding hydrogens is 344 g/mol. The zero-order valence-corrected chi connectivity index (χ0v) is 13.9. The standard InChI is InChI=1S/C17H17BrN2O2/c1-12-7-14-8-15(18)9-19-16(14)20(10-12)17(21)22-11-13-5-3-2-4-6-13/h2-6,8-9,12H,7,10-11H2,1H3. The third-order valence-corrected chi connectivity index (χ3v) is 4.09. The van der Waals surface area contributed by atoms with Crippen molar-refractivity contribution in [3.05, 3.63) is 58.2 Å². The molecule has 1 aliphatic heterocycles. The number of hydrogen-bond acceptors (Lipinski definition) is 3. The summed E-state index contributed by atoms with van der Waals surface area (Å²) in [7, 11) is 0. The van der Waals surface area contributed by atoms with Crippen molar-refractivity contribution < 1.29 is 9.53 Å². The van der Waals surface area contributed by atoms with Crippen molar-refractivity contribution in [3.8, 4) is 0 Å². The molecule has 0 bridgehead atoms. The number of anilines is 1. The highest BCUT2D eigenvalue weighted by Gasteiger charge is 2.28. The molecular formula is C17H17BrN2O2. The number of ether oxygens (including phenoxy) is 1. The lowest BCUT2D eigenvalue weighted by Crippen LogP contribution is -2.40. The third kappa shape index (κ3) is 3.30. The Hall–Kier alpha value is -1.88. The van der Waals surface area contributed by atoms with Gasteiger partial charge in [0.25, 0.3) is 0 Å². The van der Waals surface area contributed by atoms with Crippen LogP contribution in [0.1, 0.15) is 18.1 Å². The normalized spacial score (nSPS) is 17.0. The maximum atomic E-state index is 12.4. The van der Waals surface area contributed by atoms with Gasteiger partial charge in [0.05, 0.1) is 0 Å². The summed E-state index contributed by atoms with van der Waals surface area (Å²) < 4.78 is 6.37. The number of pyridine rings is 1. The Bertz CT molecular complexity index is 676. The second-order valence-electron chi connectivity index (χ2n) is 5.60. The van der Waals surface area contributed by atoms with E-state index in [1.165, 1.54) is 0 Å². The molecule has 1 aromatic heterocycles. The first-order valence-corrected chi connectivity index (χ1v) is 8.05. The molecule has 0 saturated heterocycles. The highest BCUT2D eigenvalue weighted by Crippen LogP contribution is 2.30. The van der Waals surface area contributed by atoms with E-state index in [9.17, 15) is 4.79 Å². The van der Waals surface area contributed by atoms with Crippen LogP contribution in [0.5, 0.6) is 0 Å². The first kappa shape index (κ1) is 15.0. The van der Waals surface area contributed by atoms with Gasteiger partial charge in [-0.2, -0.15) is 0 Å². The van der Waals surface area contributed by atoms with Gasteiger partial charge in [-0.25, -0.2) is 9.78 Å². The average Bonchev–Trinajstić information content (AvgIpc) is 2.52. The summed E-state index contributed by atoms with van der Waals surface area (Å²) in [4.78, 5) is 18.4. The van der Waals surface area contributed by atoms with E-state index in [2.05, 4.69) is 27.8 Å². The fraction of sp³-hybridized carbons (Fsp3) is 0.294. The number of amides is 1. The van der Waals surface area contributed by atoms with Crippen LogP contribution >= 0.6 is 15.9 Å². The van der Waals surface area contributed by atoms with Gasteiger partial charge in [-0.1, -0.05) is 37.3 Å². The van der Waals surface area contributed by atoms with E-state index in [4.69, 9.17) is 4.74 Å². The maximum Gasteiger partial charge on any atom is 0.415 e. The van der Waals surface area contributed by atoms with Gasteiger partial charge in [0.1, 0.15) is 12.4 Å². The summed E-state index contributed by atoms with van der Waals surface area (Å²) in [5, 5.41) is 0. The van der Waals surface area contributed by atoms with Crippen LogP contribution in [0.3, 0.4) is 0 Å². The number of carbonyl (C=O) groups excluding carboxylic acids is 1. The summed E-state index contributed by atoms with van der Waals surface area (Å²) in [5.41, 5.74) is 2.05. The van der Waals surface area contributed by atoms with Crippen LogP contribution in [0.25, 0.3) is 0 Å². The smallest absolute Gasteiger partial charge is 0.415 e. The molecule has 5 heteroatoms. The average molecular weight is 361 g/mol. The lowest BCUT2D eigenvalue weighted by atomic mass is 9.97. The molecule has 2 heterocycles. The van der Waals surface area contributed by atoms with Gasteiger partial charge in [0.2, 0.25) is 0 Å². The summed E-state index contributed by atoms with van der Waals surface area (Å²) in [6, 6.07) is 11.7. The second kappa shape index (κ2) is 6.48. The zero-order valence-electron chi connectivity index (χ0n) is 12.3. The molecule has 3 rings (SSSR count). The van der Waals surface area contributed by atoms with Gasteiger partial charge >= 0.3 is 6.09 Å². The van der Waals surface area contributed by atoms with E-state index in [0.717, 1.165) is 22.0 Å². The van der Waals surface area contributed by atoms with Gasteiger partial charge < -0.3 is 4.74 Å². The number of rotatable bonds is 2. The number of carbonyl (C=O) groups is 1. The fourth-order valence-corrected chi connectivity index (χ4v) is 3.04. The van der Waals surface area contributed by atoms with Gasteiger partial charge in [-0.05, 0) is 45.5 Å². The van der Waals surface area contributed by atoms with Crippen LogP contribution in [-0.2, 0) is 17.8 Å². The molecule has 1 atom stereocenters. The minimum atomic E-state index is -0.341. The predicted molar refractivity (Wildman–Crippen MR) is 88.8 cm³/mol. The van der Waals surface area contributed by atoms with E-state index in [1.807, 2.05) is 36.4 Å². The van der Waals surface area contributed by atoms with Crippen molar-refractivity contribution in [2.45, 2.75) is 20.0 Å². The van der Waals surface area contributed by atoms with Crippen LogP contribution in [0.2, 0.25) is 0 Å². The molecule has 0 N–H and O–H groups in total. The Kier molecular flexibility index (Phi) is 4.43. The van der Waals surface area contributed by atoms with Crippen molar-refractivity contribution in [2.75, 3.05) is 11.4 Å². The highest BCUT2D eigenvalue weighted by atomic mass is 79.9. The van der Waals surface area contributed by atoms with Crippen LogP contribution in [-0.4, -0.2) is 17.6 Å². The topological polar surface area (TPSA) is 42.4 Å². The molecule has 2 aromatic rings. The van der Waals surface area contributed by atoms with Crippen molar-refractivity contribution in [2.24, 2.45) is 5.92 Å². The van der Waals surface area contributed by atoms with Crippen LogP contribution in [0.15, 0.2) is 47.1 Å². The molecule has 1 aromatic carbocycles. The molecule has 114 valence electrons. The molecule has 1 aliphatic rings. The van der Waals surface area contributed by atoms with Gasteiger partial charge in [-0.3, -0.25) is 4.90 Å². The molecule has 0 aliphatic carbocycles. The first-order valence-electron chi connectivity index (χ1n) is 7.26. The quantitative estimate of drug-likeness (QED) is 0.806. The lowest BCUT2D eigenvalue weighted by molar-refractivity contribution is 0.145. The molecule has 0 radical (unpaired) electrons. The number of benzene rings is 1. The molecule has 0 fully saturated rings. The first-order chi connectivity index (χ1) is 10.6. The van der Waals surface area contributed by atoms with Gasteiger partial charge in [-0.15, -0.1) is 0 Å². The van der Waals surface area contributed by atoms with Crippen LogP contribution in [0, 0.1) is 5.92 Å². The van der Waals surface area contributed by atoms with Gasteiger partial charge in [0.15, 0.2) is 0 Å². The fourth-order valence-electron chi connectivity index (χ4n) is 2.66. The van der Waals surface area contributed by atoms with Crippen molar-refractivity contribution in [3.63, 3.8) is 0 Å². The number of aromatic nitrogens is 1. The van der Waals surface area contributed by atoms with E-state index >= 15 is 0 Å². The summed E-state index contributed by atoms with van der Waals surface area (Å²) in [6.07, 6.45) is 2.29. The predicted octanol–water partition coefficient (Wildman–Crippen LogP) is 4.18. The van der Waals surface area contributed by atoms with Crippen molar-refractivity contribution in [1.29, 1.82) is 0 Å². The van der Waals surface area contributed by atoms with Crippen molar-refractivity contribution in [1.82, 2.24) is 4.98 Å². The van der Waals surface area contributed by atoms with E-state index < -0.39 is 0 Å². The summed E-state index contributed by atoms with van der Waals surface area (Å²) in [6.45, 7) is 3.03. The Morgan fingerprint density at radius 2 is 2.18 bits per heavy atom. The Balaban J connectivity index is 1.75. The second-order valence-corrected chi connectivity index (χ2v) is 6.51. The van der Waals surface area contributed by atoms with Crippen LogP contribution < -0.4 is 4.90 Å². The molecule has 1 amide bonds. The highest BCUT2D eigenvalue weighted by molar-refractivity contribution is 9.10. The monoisotopic (exact) mass is 360 g/mol.